The van der Waals surface area contributed by atoms with E-state index in [-0.39, 0.29) is 25.0 Å². The predicted octanol–water partition coefficient (Wildman–Crippen LogP) is 1.78. The number of nitrogens with zero attached hydrogens (tertiary/aromatic N) is 2. The van der Waals surface area contributed by atoms with Crippen LogP contribution in [0.25, 0.3) is 22.6 Å². The Morgan fingerprint density at radius 2 is 1.75 bits per heavy atom. The Kier molecular flexibility index (Phi) is 6.03. The van der Waals surface area contributed by atoms with Crippen molar-refractivity contribution in [2.24, 2.45) is 0 Å². The summed E-state index contributed by atoms with van der Waals surface area (Å²) in [6.45, 7) is -0.141. The second-order valence-corrected chi connectivity index (χ2v) is 6.00. The van der Waals surface area contributed by atoms with E-state index in [0.29, 0.717) is 22.8 Å². The van der Waals surface area contributed by atoms with Crippen LogP contribution in [-0.2, 0) is 9.59 Å². The Morgan fingerprint density at radius 3 is 2.43 bits per heavy atom. The second-order valence-electron chi connectivity index (χ2n) is 6.00. The van der Waals surface area contributed by atoms with Gasteiger partial charge >= 0.3 is 0 Å². The number of aliphatic hydroxyl groups excluding tert-OH is 1. The molecule has 0 spiro atoms. The van der Waals surface area contributed by atoms with Gasteiger partial charge in [-0.1, -0.05) is 0 Å². The van der Waals surface area contributed by atoms with Crippen LogP contribution in [0, 0.1) is 0 Å². The standard InChI is InChI=1S/C20H18N4O4/c25-11-1-2-17(26)20(28)22-15-5-3-14(4-6-15)19-23-16(12-18(27)24-19)13-7-9-21-10-8-13/h3-10,12,25H,1-2,11H2,(H,22,28)(H,23,24,27). The number of anilines is 1. The number of aromatic nitrogens is 3. The minimum Gasteiger partial charge on any atom is -0.396 e. The Balaban J connectivity index is 1.78. The summed E-state index contributed by atoms with van der Waals surface area (Å²) in [6.07, 6.45) is 3.49. The number of H-pyrrole nitrogens is 1. The number of carbonyl (C=O) groups excluding carboxylic acids is 2. The summed E-state index contributed by atoms with van der Waals surface area (Å²) in [5.74, 6) is -0.933. The minimum atomic E-state index is -0.729. The molecule has 1 aromatic carbocycles. The van der Waals surface area contributed by atoms with Gasteiger partial charge in [0.15, 0.2) is 0 Å². The van der Waals surface area contributed by atoms with E-state index in [9.17, 15) is 14.4 Å². The third-order valence-corrected chi connectivity index (χ3v) is 3.95. The third kappa shape index (κ3) is 4.74. The fourth-order valence-corrected chi connectivity index (χ4v) is 2.53. The van der Waals surface area contributed by atoms with Gasteiger partial charge in [-0.05, 0) is 42.8 Å². The first-order valence-corrected chi connectivity index (χ1v) is 8.64. The average molecular weight is 378 g/mol. The molecule has 1 amide bonds. The molecular formula is C20H18N4O4. The van der Waals surface area contributed by atoms with Gasteiger partial charge < -0.3 is 15.4 Å². The maximum Gasteiger partial charge on any atom is 0.291 e. The van der Waals surface area contributed by atoms with Gasteiger partial charge in [0, 0.05) is 48.3 Å². The first-order valence-electron chi connectivity index (χ1n) is 8.64. The Labute approximate surface area is 160 Å². The molecule has 8 nitrogen and oxygen atoms in total. The van der Waals surface area contributed by atoms with Crippen molar-refractivity contribution < 1.29 is 14.7 Å². The van der Waals surface area contributed by atoms with Crippen molar-refractivity contribution in [3.05, 3.63) is 65.2 Å². The van der Waals surface area contributed by atoms with E-state index in [1.165, 1.54) is 6.07 Å². The molecule has 142 valence electrons. The third-order valence-electron chi connectivity index (χ3n) is 3.95. The summed E-state index contributed by atoms with van der Waals surface area (Å²) in [4.78, 5) is 46.6. The van der Waals surface area contributed by atoms with E-state index in [0.717, 1.165) is 5.56 Å². The van der Waals surface area contributed by atoms with Crippen molar-refractivity contribution >= 4 is 17.4 Å². The lowest BCUT2D eigenvalue weighted by Crippen LogP contribution is -2.22. The number of hydrogen-bond donors (Lipinski definition) is 3. The number of ketones is 1. The predicted molar refractivity (Wildman–Crippen MR) is 103 cm³/mol. The van der Waals surface area contributed by atoms with E-state index < -0.39 is 11.7 Å². The normalized spacial score (nSPS) is 10.5. The first kappa shape index (κ1) is 19.1. The lowest BCUT2D eigenvalue weighted by molar-refractivity contribution is -0.134. The van der Waals surface area contributed by atoms with E-state index in [2.05, 4.69) is 20.3 Å². The van der Waals surface area contributed by atoms with Gasteiger partial charge in [0.1, 0.15) is 5.82 Å². The maximum atomic E-state index is 12.0. The molecule has 3 aromatic rings. The minimum absolute atomic E-state index is 0.00658. The number of Topliss-reactive ketones (excluding diaryl/α,β-unsaturated/α-hetero) is 1. The molecule has 0 fully saturated rings. The SMILES string of the molecule is O=C(CCCO)C(=O)Nc1ccc(-c2nc(-c3ccncc3)cc(=O)[nH]2)cc1. The second kappa shape index (κ2) is 8.83. The van der Waals surface area contributed by atoms with Gasteiger partial charge in [-0.3, -0.25) is 19.4 Å². The highest BCUT2D eigenvalue weighted by Gasteiger charge is 2.13. The fourth-order valence-electron chi connectivity index (χ4n) is 2.53. The van der Waals surface area contributed by atoms with Crippen molar-refractivity contribution in [2.45, 2.75) is 12.8 Å². The monoisotopic (exact) mass is 378 g/mol. The van der Waals surface area contributed by atoms with Gasteiger partial charge in [0.25, 0.3) is 11.5 Å². The molecule has 0 saturated carbocycles. The van der Waals surface area contributed by atoms with E-state index in [1.807, 2.05) is 0 Å². The molecule has 0 aliphatic heterocycles. The zero-order chi connectivity index (χ0) is 19.9. The Hall–Kier alpha value is -3.65. The summed E-state index contributed by atoms with van der Waals surface area (Å²) < 4.78 is 0. The molecule has 0 atom stereocenters. The molecule has 2 heterocycles. The number of benzene rings is 1. The smallest absolute Gasteiger partial charge is 0.291 e. The van der Waals surface area contributed by atoms with Crippen LogP contribution in [-0.4, -0.2) is 38.4 Å². The average Bonchev–Trinajstić information content (AvgIpc) is 2.72. The number of amides is 1. The van der Waals surface area contributed by atoms with Crippen LogP contribution in [0.1, 0.15) is 12.8 Å². The molecule has 8 heteroatoms. The summed E-state index contributed by atoms with van der Waals surface area (Å²) in [5.41, 5.74) is 2.10. The highest BCUT2D eigenvalue weighted by Crippen LogP contribution is 2.20. The number of aromatic amines is 1. The summed E-state index contributed by atoms with van der Waals surface area (Å²) in [6, 6.07) is 11.5. The van der Waals surface area contributed by atoms with Crippen LogP contribution in [0.15, 0.2) is 59.7 Å². The molecule has 0 unspecified atom stereocenters. The summed E-state index contributed by atoms with van der Waals surface area (Å²) in [7, 11) is 0. The van der Waals surface area contributed by atoms with Gasteiger partial charge in [-0.15, -0.1) is 0 Å². The zero-order valence-electron chi connectivity index (χ0n) is 14.9. The first-order chi connectivity index (χ1) is 13.6. The number of pyridine rings is 1. The Morgan fingerprint density at radius 1 is 1.04 bits per heavy atom. The number of aliphatic hydroxyl groups is 1. The van der Waals surface area contributed by atoms with Crippen LogP contribution in [0.4, 0.5) is 5.69 Å². The molecular weight excluding hydrogens is 360 g/mol. The molecule has 3 rings (SSSR count). The lowest BCUT2D eigenvalue weighted by atomic mass is 10.1. The molecule has 2 aromatic heterocycles. The van der Waals surface area contributed by atoms with Crippen molar-refractivity contribution in [3.8, 4) is 22.6 Å². The van der Waals surface area contributed by atoms with Crippen molar-refractivity contribution in [2.75, 3.05) is 11.9 Å². The van der Waals surface area contributed by atoms with E-state index in [4.69, 9.17) is 5.11 Å². The molecule has 0 aliphatic rings. The zero-order valence-corrected chi connectivity index (χ0v) is 14.9. The number of hydrogen-bond acceptors (Lipinski definition) is 6. The van der Waals surface area contributed by atoms with Crippen molar-refractivity contribution in [1.29, 1.82) is 0 Å². The Bertz CT molecular complexity index is 1030. The van der Waals surface area contributed by atoms with Gasteiger partial charge in [0.2, 0.25) is 5.78 Å². The molecule has 0 bridgehead atoms. The molecule has 0 saturated heterocycles. The quantitative estimate of drug-likeness (QED) is 0.538. The molecule has 0 radical (unpaired) electrons. The number of rotatable bonds is 7. The molecule has 28 heavy (non-hydrogen) atoms. The largest absolute Gasteiger partial charge is 0.396 e. The summed E-state index contributed by atoms with van der Waals surface area (Å²) in [5, 5.41) is 11.2. The van der Waals surface area contributed by atoms with Gasteiger partial charge in [-0.25, -0.2) is 4.98 Å². The molecule has 3 N–H and O–H groups in total. The molecule has 0 aliphatic carbocycles. The van der Waals surface area contributed by atoms with Gasteiger partial charge in [-0.2, -0.15) is 0 Å². The van der Waals surface area contributed by atoms with Crippen molar-refractivity contribution in [3.63, 3.8) is 0 Å². The van der Waals surface area contributed by atoms with Crippen LogP contribution >= 0.6 is 0 Å². The van der Waals surface area contributed by atoms with Gasteiger partial charge in [0.05, 0.1) is 5.69 Å². The van der Waals surface area contributed by atoms with Crippen LogP contribution in [0.2, 0.25) is 0 Å². The van der Waals surface area contributed by atoms with E-state index >= 15 is 0 Å². The highest BCUT2D eigenvalue weighted by molar-refractivity contribution is 6.40. The maximum absolute atomic E-state index is 12.0. The fraction of sp³-hybridized carbons (Fsp3) is 0.150. The topological polar surface area (TPSA) is 125 Å². The van der Waals surface area contributed by atoms with Crippen LogP contribution in [0.5, 0.6) is 0 Å². The lowest BCUT2D eigenvalue weighted by Gasteiger charge is -2.07. The number of carbonyl (C=O) groups is 2. The number of nitrogens with one attached hydrogen (secondary N) is 2. The van der Waals surface area contributed by atoms with Crippen LogP contribution in [0.3, 0.4) is 0 Å². The summed E-state index contributed by atoms with van der Waals surface area (Å²) >= 11 is 0. The van der Waals surface area contributed by atoms with Crippen molar-refractivity contribution in [1.82, 2.24) is 15.0 Å². The van der Waals surface area contributed by atoms with Crippen LogP contribution < -0.4 is 10.9 Å². The highest BCUT2D eigenvalue weighted by atomic mass is 16.3. The van der Waals surface area contributed by atoms with E-state index in [1.54, 1.807) is 48.8 Å².